The van der Waals surface area contributed by atoms with Crippen LogP contribution in [0.4, 0.5) is 5.69 Å². The summed E-state index contributed by atoms with van der Waals surface area (Å²) >= 11 is 0. The quantitative estimate of drug-likeness (QED) is 0.816. The second-order valence-electron chi connectivity index (χ2n) is 4.78. The smallest absolute Gasteiger partial charge is 0.234 e. The van der Waals surface area contributed by atoms with Crippen LogP contribution in [-0.2, 0) is 9.59 Å². The van der Waals surface area contributed by atoms with Crippen molar-refractivity contribution >= 4 is 17.4 Å². The zero-order valence-electron chi connectivity index (χ0n) is 10.6. The Hall–Kier alpha value is -2.46. The number of hydrogen-bond donors (Lipinski definition) is 2. The molecule has 1 aromatic carbocycles. The summed E-state index contributed by atoms with van der Waals surface area (Å²) in [5.74, 6) is -0.994. The average Bonchev–Trinajstić information content (AvgIpc) is 2.45. The van der Waals surface area contributed by atoms with Gasteiger partial charge < -0.3 is 10.4 Å². The molecule has 1 aromatic rings. The molecule has 0 bridgehead atoms. The van der Waals surface area contributed by atoms with Crippen LogP contribution in [0.2, 0.25) is 0 Å². The number of aliphatic hydroxyl groups is 1. The van der Waals surface area contributed by atoms with Crippen LogP contribution in [0, 0.1) is 5.92 Å². The third-order valence-corrected chi connectivity index (χ3v) is 3.43. The molecular weight excluding hydrogens is 254 g/mol. The molecule has 0 fully saturated rings. The topological polar surface area (TPSA) is 66.4 Å². The third kappa shape index (κ3) is 2.21. The normalized spacial score (nSPS) is 24.4. The van der Waals surface area contributed by atoms with Gasteiger partial charge in [-0.1, -0.05) is 36.4 Å². The van der Waals surface area contributed by atoms with Crippen LogP contribution in [0.5, 0.6) is 0 Å². The highest BCUT2D eigenvalue weighted by Crippen LogP contribution is 2.35. The first-order valence-electron chi connectivity index (χ1n) is 6.35. The van der Waals surface area contributed by atoms with Gasteiger partial charge in [0.15, 0.2) is 5.78 Å². The van der Waals surface area contributed by atoms with Crippen molar-refractivity contribution in [3.63, 3.8) is 0 Å². The number of allylic oxidation sites excluding steroid dienone is 5. The molecule has 1 heterocycles. The lowest BCUT2D eigenvalue weighted by atomic mass is 9.88. The van der Waals surface area contributed by atoms with E-state index in [1.807, 2.05) is 12.1 Å². The van der Waals surface area contributed by atoms with E-state index in [0.29, 0.717) is 11.3 Å². The van der Waals surface area contributed by atoms with E-state index in [-0.39, 0.29) is 11.7 Å². The van der Waals surface area contributed by atoms with E-state index in [4.69, 9.17) is 0 Å². The molecule has 0 spiro atoms. The number of carbonyl (C=O) groups is 2. The Morgan fingerprint density at radius 3 is 2.50 bits per heavy atom. The predicted molar refractivity (Wildman–Crippen MR) is 74.9 cm³/mol. The molecular formula is C16H13NO3. The van der Waals surface area contributed by atoms with Crippen LogP contribution in [0.15, 0.2) is 60.2 Å². The van der Waals surface area contributed by atoms with Crippen molar-refractivity contribution in [1.82, 2.24) is 0 Å². The number of amides is 1. The van der Waals surface area contributed by atoms with Crippen molar-refractivity contribution in [2.75, 3.05) is 5.32 Å². The summed E-state index contributed by atoms with van der Waals surface area (Å²) in [6.07, 6.45) is 6.95. The molecule has 1 aliphatic heterocycles. The summed E-state index contributed by atoms with van der Waals surface area (Å²) in [5, 5.41) is 13.1. The number of fused-ring (bicyclic) bond motifs is 1. The van der Waals surface area contributed by atoms with Crippen molar-refractivity contribution in [1.29, 1.82) is 0 Å². The summed E-state index contributed by atoms with van der Waals surface area (Å²) in [5.41, 5.74) is 2.08. The van der Waals surface area contributed by atoms with Gasteiger partial charge in [-0.15, -0.1) is 0 Å². The number of carbonyl (C=O) groups excluding carboxylic acids is 2. The van der Waals surface area contributed by atoms with Crippen LogP contribution >= 0.6 is 0 Å². The first-order valence-corrected chi connectivity index (χ1v) is 6.35. The Bertz CT molecular complexity index is 652. The molecule has 3 rings (SSSR count). The van der Waals surface area contributed by atoms with Gasteiger partial charge in [0.25, 0.3) is 0 Å². The van der Waals surface area contributed by atoms with Crippen LogP contribution in [0.1, 0.15) is 11.7 Å². The number of anilines is 1. The molecule has 1 aliphatic carbocycles. The van der Waals surface area contributed by atoms with Gasteiger partial charge in [-0.05, 0) is 23.8 Å². The summed E-state index contributed by atoms with van der Waals surface area (Å²) in [6, 6.07) is 7.19. The fourth-order valence-corrected chi connectivity index (χ4v) is 2.37. The Labute approximate surface area is 116 Å². The van der Waals surface area contributed by atoms with Gasteiger partial charge in [0.2, 0.25) is 5.91 Å². The van der Waals surface area contributed by atoms with Crippen molar-refractivity contribution in [3.05, 3.63) is 65.8 Å². The minimum atomic E-state index is -0.883. The second kappa shape index (κ2) is 4.90. The molecule has 0 aromatic heterocycles. The van der Waals surface area contributed by atoms with Gasteiger partial charge in [0.1, 0.15) is 0 Å². The monoisotopic (exact) mass is 267 g/mol. The van der Waals surface area contributed by atoms with E-state index in [9.17, 15) is 14.7 Å². The third-order valence-electron chi connectivity index (χ3n) is 3.43. The Morgan fingerprint density at radius 1 is 1.05 bits per heavy atom. The Morgan fingerprint density at radius 2 is 1.75 bits per heavy atom. The van der Waals surface area contributed by atoms with Crippen molar-refractivity contribution in [2.45, 2.75) is 6.10 Å². The molecule has 4 heteroatoms. The first kappa shape index (κ1) is 12.6. The van der Waals surface area contributed by atoms with Crippen LogP contribution in [0.25, 0.3) is 0 Å². The van der Waals surface area contributed by atoms with Crippen LogP contribution in [0.3, 0.4) is 0 Å². The van der Waals surface area contributed by atoms with Gasteiger partial charge in [0, 0.05) is 11.3 Å². The molecule has 2 unspecified atom stereocenters. The number of para-hydroxylation sites is 1. The molecule has 0 saturated heterocycles. The lowest BCUT2D eigenvalue weighted by Crippen LogP contribution is -2.32. The van der Waals surface area contributed by atoms with Crippen molar-refractivity contribution < 1.29 is 14.7 Å². The summed E-state index contributed by atoms with van der Waals surface area (Å²) in [7, 11) is 0. The highest BCUT2D eigenvalue weighted by atomic mass is 16.3. The van der Waals surface area contributed by atoms with E-state index in [0.717, 1.165) is 5.57 Å². The molecule has 20 heavy (non-hydrogen) atoms. The lowest BCUT2D eigenvalue weighted by Gasteiger charge is -2.28. The number of nitrogens with one attached hydrogen (secondary N) is 1. The predicted octanol–water partition coefficient (Wildman–Crippen LogP) is 1.91. The maximum absolute atomic E-state index is 12.1. The summed E-state index contributed by atoms with van der Waals surface area (Å²) in [4.78, 5) is 23.1. The van der Waals surface area contributed by atoms with Gasteiger partial charge in [0.05, 0.1) is 12.0 Å². The van der Waals surface area contributed by atoms with Crippen LogP contribution < -0.4 is 5.32 Å². The highest BCUT2D eigenvalue weighted by molar-refractivity contribution is 6.01. The number of ketones is 1. The van der Waals surface area contributed by atoms with E-state index in [1.165, 1.54) is 12.2 Å². The molecule has 0 radical (unpaired) electrons. The minimum absolute atomic E-state index is 0.0823. The summed E-state index contributed by atoms with van der Waals surface area (Å²) in [6.45, 7) is 0. The van der Waals surface area contributed by atoms with Gasteiger partial charge in [-0.3, -0.25) is 9.59 Å². The van der Waals surface area contributed by atoms with E-state index < -0.39 is 12.0 Å². The molecule has 4 nitrogen and oxygen atoms in total. The highest BCUT2D eigenvalue weighted by Gasteiger charge is 2.32. The molecule has 2 N–H and O–H groups in total. The molecule has 2 atom stereocenters. The van der Waals surface area contributed by atoms with E-state index in [1.54, 1.807) is 30.4 Å². The SMILES string of the molecule is O=C1C=CC(=CC2C(=O)Nc3ccccc3C2O)C=C1. The standard InChI is InChI=1S/C16H13NO3/c18-11-7-5-10(6-8-11)9-13-15(19)12-3-1-2-4-14(12)17-16(13)20/h1-9,13,15,19H,(H,17,20). The van der Waals surface area contributed by atoms with E-state index >= 15 is 0 Å². The molecule has 0 saturated carbocycles. The average molecular weight is 267 g/mol. The largest absolute Gasteiger partial charge is 0.387 e. The van der Waals surface area contributed by atoms with Crippen LogP contribution in [-0.4, -0.2) is 16.8 Å². The number of aliphatic hydroxyl groups excluding tert-OH is 1. The molecule has 100 valence electrons. The van der Waals surface area contributed by atoms with Gasteiger partial charge in [-0.25, -0.2) is 0 Å². The molecule has 1 amide bonds. The molecule has 2 aliphatic rings. The second-order valence-corrected chi connectivity index (χ2v) is 4.78. The Balaban J connectivity index is 1.94. The Kier molecular flexibility index (Phi) is 3.08. The van der Waals surface area contributed by atoms with Gasteiger partial charge in [-0.2, -0.15) is 0 Å². The summed E-state index contributed by atoms with van der Waals surface area (Å²) < 4.78 is 0. The van der Waals surface area contributed by atoms with E-state index in [2.05, 4.69) is 5.32 Å². The lowest BCUT2D eigenvalue weighted by molar-refractivity contribution is -0.122. The zero-order chi connectivity index (χ0) is 14.1. The minimum Gasteiger partial charge on any atom is -0.387 e. The number of benzene rings is 1. The fraction of sp³-hybridized carbons (Fsp3) is 0.125. The fourth-order valence-electron chi connectivity index (χ4n) is 2.37. The zero-order valence-corrected chi connectivity index (χ0v) is 10.6. The number of rotatable bonds is 1. The van der Waals surface area contributed by atoms with Crippen molar-refractivity contribution in [3.8, 4) is 0 Å². The van der Waals surface area contributed by atoms with Gasteiger partial charge >= 0.3 is 0 Å². The first-order chi connectivity index (χ1) is 9.65. The van der Waals surface area contributed by atoms with Crippen molar-refractivity contribution in [2.24, 2.45) is 5.92 Å². The number of hydrogen-bond acceptors (Lipinski definition) is 3. The maximum atomic E-state index is 12.1. The maximum Gasteiger partial charge on any atom is 0.234 e.